The SMILES string of the molecule is N/C(Br)=N\c1c(CCCO)nc2n(c1=O)CCCC(=O)N2. The number of aryl methyl sites for hydroxylation is 1. The van der Waals surface area contributed by atoms with E-state index >= 15 is 0 Å². The van der Waals surface area contributed by atoms with E-state index < -0.39 is 0 Å². The van der Waals surface area contributed by atoms with Crippen molar-refractivity contribution < 1.29 is 9.90 Å². The first-order valence-electron chi connectivity index (χ1n) is 6.57. The number of aliphatic imine (C=N–C) groups is 1. The van der Waals surface area contributed by atoms with E-state index in [0.29, 0.717) is 37.9 Å². The Morgan fingerprint density at radius 1 is 1.52 bits per heavy atom. The van der Waals surface area contributed by atoms with Gasteiger partial charge in [-0.25, -0.2) is 9.98 Å². The van der Waals surface area contributed by atoms with Crippen LogP contribution in [0.4, 0.5) is 11.6 Å². The Labute approximate surface area is 129 Å². The lowest BCUT2D eigenvalue weighted by molar-refractivity contribution is -0.116. The first-order chi connectivity index (χ1) is 10.0. The fourth-order valence-electron chi connectivity index (χ4n) is 2.12. The number of nitrogens with one attached hydrogen (secondary N) is 1. The number of hydrogen-bond acceptors (Lipinski definition) is 5. The van der Waals surface area contributed by atoms with Crippen molar-refractivity contribution in [3.63, 3.8) is 0 Å². The highest BCUT2D eigenvalue weighted by atomic mass is 79.9. The number of nitrogens with zero attached hydrogens (tertiary/aromatic N) is 3. The standard InChI is InChI=1S/C12H16BrN5O3/c13-11(14)17-9-7(3-2-6-19)15-12-16-8(20)4-1-5-18(12)10(9)21/h19H,1-6H2,(H2,14,17)(H,15,16,20). The van der Waals surface area contributed by atoms with Gasteiger partial charge >= 0.3 is 0 Å². The molecular weight excluding hydrogens is 342 g/mol. The molecule has 0 unspecified atom stereocenters. The molecule has 0 fully saturated rings. The fraction of sp³-hybridized carbons (Fsp3) is 0.500. The second-order valence-corrected chi connectivity index (χ2v) is 5.41. The van der Waals surface area contributed by atoms with Crippen LogP contribution in [0.3, 0.4) is 0 Å². The Kier molecular flexibility index (Phi) is 5.07. The van der Waals surface area contributed by atoms with Gasteiger partial charge in [0, 0.05) is 19.6 Å². The summed E-state index contributed by atoms with van der Waals surface area (Å²) < 4.78 is 1.46. The molecule has 2 heterocycles. The average Bonchev–Trinajstić information content (AvgIpc) is 2.61. The predicted molar refractivity (Wildman–Crippen MR) is 82.0 cm³/mol. The van der Waals surface area contributed by atoms with E-state index in [9.17, 15) is 9.59 Å². The smallest absolute Gasteiger partial charge is 0.281 e. The van der Waals surface area contributed by atoms with Crippen LogP contribution in [-0.4, -0.2) is 31.9 Å². The van der Waals surface area contributed by atoms with Crippen LogP contribution in [0, 0.1) is 0 Å². The number of carbonyl (C=O) groups excluding carboxylic acids is 1. The van der Waals surface area contributed by atoms with Crippen LogP contribution >= 0.6 is 15.9 Å². The number of amidine groups is 1. The summed E-state index contributed by atoms with van der Waals surface area (Å²) in [4.78, 5) is 32.4. The zero-order valence-electron chi connectivity index (χ0n) is 11.3. The molecule has 0 spiro atoms. The van der Waals surface area contributed by atoms with Crippen molar-refractivity contribution in [2.75, 3.05) is 11.9 Å². The molecule has 21 heavy (non-hydrogen) atoms. The highest BCUT2D eigenvalue weighted by molar-refractivity contribution is 9.18. The molecule has 9 heteroatoms. The van der Waals surface area contributed by atoms with Crippen LogP contribution in [0.1, 0.15) is 25.0 Å². The molecule has 0 atom stereocenters. The number of aliphatic hydroxyl groups excluding tert-OH is 1. The molecule has 0 aromatic carbocycles. The molecule has 1 aromatic rings. The zero-order chi connectivity index (χ0) is 15.4. The largest absolute Gasteiger partial charge is 0.396 e. The third-order valence-corrected chi connectivity index (χ3v) is 3.22. The summed E-state index contributed by atoms with van der Waals surface area (Å²) >= 11 is 3.00. The van der Waals surface area contributed by atoms with Gasteiger partial charge in [0.1, 0.15) is 0 Å². The molecule has 1 aromatic heterocycles. The number of rotatable bonds is 4. The molecule has 0 saturated carbocycles. The number of nitrogens with two attached hydrogens (primary N) is 1. The summed E-state index contributed by atoms with van der Waals surface area (Å²) in [5, 5.41) is 11.6. The molecular formula is C12H16BrN5O3. The molecule has 0 bridgehead atoms. The van der Waals surface area contributed by atoms with Crippen molar-refractivity contribution in [3.8, 4) is 0 Å². The zero-order valence-corrected chi connectivity index (χ0v) is 12.9. The number of aromatic nitrogens is 2. The van der Waals surface area contributed by atoms with Crippen molar-refractivity contribution in [1.29, 1.82) is 0 Å². The molecule has 0 radical (unpaired) electrons. The van der Waals surface area contributed by atoms with Gasteiger partial charge in [-0.3, -0.25) is 19.5 Å². The minimum atomic E-state index is -0.350. The van der Waals surface area contributed by atoms with E-state index in [1.807, 2.05) is 0 Å². The van der Waals surface area contributed by atoms with Crippen molar-refractivity contribution in [2.24, 2.45) is 10.7 Å². The van der Waals surface area contributed by atoms with Gasteiger partial charge in [0.25, 0.3) is 5.56 Å². The van der Waals surface area contributed by atoms with E-state index in [1.165, 1.54) is 4.57 Å². The molecule has 1 aliphatic rings. The average molecular weight is 358 g/mol. The maximum atomic E-state index is 12.5. The lowest BCUT2D eigenvalue weighted by Gasteiger charge is -2.12. The van der Waals surface area contributed by atoms with Crippen LogP contribution < -0.4 is 16.6 Å². The third-order valence-electron chi connectivity index (χ3n) is 3.04. The van der Waals surface area contributed by atoms with E-state index in [2.05, 4.69) is 31.2 Å². The van der Waals surface area contributed by atoms with E-state index in [0.717, 1.165) is 0 Å². The van der Waals surface area contributed by atoms with Gasteiger partial charge in [-0.05, 0) is 35.2 Å². The maximum absolute atomic E-state index is 12.5. The topological polar surface area (TPSA) is 123 Å². The van der Waals surface area contributed by atoms with Gasteiger partial charge in [0.15, 0.2) is 10.4 Å². The number of aliphatic hydroxyl groups is 1. The van der Waals surface area contributed by atoms with Crippen LogP contribution in [-0.2, 0) is 17.8 Å². The van der Waals surface area contributed by atoms with Gasteiger partial charge in [0.2, 0.25) is 11.9 Å². The Morgan fingerprint density at radius 2 is 2.29 bits per heavy atom. The number of fused-ring (bicyclic) bond motifs is 1. The molecule has 1 amide bonds. The highest BCUT2D eigenvalue weighted by Crippen LogP contribution is 2.19. The summed E-state index contributed by atoms with van der Waals surface area (Å²) in [6, 6.07) is 0. The number of halogens is 1. The Balaban J connectivity index is 2.58. The van der Waals surface area contributed by atoms with Crippen LogP contribution in [0.25, 0.3) is 0 Å². The van der Waals surface area contributed by atoms with Crippen molar-refractivity contribution in [1.82, 2.24) is 9.55 Å². The molecule has 114 valence electrons. The lowest BCUT2D eigenvalue weighted by Crippen LogP contribution is -2.26. The highest BCUT2D eigenvalue weighted by Gasteiger charge is 2.20. The van der Waals surface area contributed by atoms with Gasteiger partial charge in [-0.15, -0.1) is 0 Å². The van der Waals surface area contributed by atoms with Gasteiger partial charge in [-0.1, -0.05) is 0 Å². The van der Waals surface area contributed by atoms with Crippen molar-refractivity contribution >= 4 is 38.2 Å². The number of amides is 1. The monoisotopic (exact) mass is 357 g/mol. The van der Waals surface area contributed by atoms with E-state index in [1.54, 1.807) is 0 Å². The summed E-state index contributed by atoms with van der Waals surface area (Å²) in [6.07, 6.45) is 1.71. The summed E-state index contributed by atoms with van der Waals surface area (Å²) in [7, 11) is 0. The van der Waals surface area contributed by atoms with Crippen LogP contribution in [0.15, 0.2) is 9.79 Å². The number of anilines is 1. The lowest BCUT2D eigenvalue weighted by atomic mass is 10.2. The van der Waals surface area contributed by atoms with Gasteiger partial charge < -0.3 is 10.8 Å². The summed E-state index contributed by atoms with van der Waals surface area (Å²) in [5.74, 6) is 0.0556. The minimum absolute atomic E-state index is 0.0284. The van der Waals surface area contributed by atoms with Crippen molar-refractivity contribution in [2.45, 2.75) is 32.2 Å². The molecule has 0 saturated heterocycles. The van der Waals surface area contributed by atoms with Gasteiger partial charge in [-0.2, -0.15) is 0 Å². The Bertz CT molecular complexity index is 637. The summed E-state index contributed by atoms with van der Waals surface area (Å²) in [5.41, 5.74) is 5.69. The predicted octanol–water partition coefficient (Wildman–Crippen LogP) is 0.242. The second-order valence-electron chi connectivity index (χ2n) is 4.60. The molecule has 2 rings (SSSR count). The van der Waals surface area contributed by atoms with E-state index in [4.69, 9.17) is 10.8 Å². The van der Waals surface area contributed by atoms with Gasteiger partial charge in [0.05, 0.1) is 5.69 Å². The van der Waals surface area contributed by atoms with Crippen LogP contribution in [0.5, 0.6) is 0 Å². The molecule has 1 aliphatic heterocycles. The first-order valence-corrected chi connectivity index (χ1v) is 7.36. The maximum Gasteiger partial charge on any atom is 0.281 e. The number of hydrogen-bond donors (Lipinski definition) is 3. The normalized spacial score (nSPS) is 15.3. The summed E-state index contributed by atoms with van der Waals surface area (Å²) in [6.45, 7) is 0.365. The molecule has 4 N–H and O–H groups in total. The second kappa shape index (κ2) is 6.81. The van der Waals surface area contributed by atoms with E-state index in [-0.39, 0.29) is 34.5 Å². The van der Waals surface area contributed by atoms with Crippen molar-refractivity contribution in [3.05, 3.63) is 16.0 Å². The minimum Gasteiger partial charge on any atom is -0.396 e. The Morgan fingerprint density at radius 3 is 2.95 bits per heavy atom. The Hall–Kier alpha value is -1.74. The molecule has 8 nitrogen and oxygen atoms in total. The first kappa shape index (κ1) is 15.6. The molecule has 0 aliphatic carbocycles. The van der Waals surface area contributed by atoms with Crippen LogP contribution in [0.2, 0.25) is 0 Å². The third kappa shape index (κ3) is 3.67. The fourth-order valence-corrected chi connectivity index (χ4v) is 2.29. The quantitative estimate of drug-likeness (QED) is 0.404. The number of carbonyl (C=O) groups is 1.